The molecule has 0 radical (unpaired) electrons. The fraction of sp³-hybridized carbons (Fsp3) is 0.267. The first kappa shape index (κ1) is 19.9. The van der Waals surface area contributed by atoms with Gasteiger partial charge in [-0.3, -0.25) is 4.55 Å². The van der Waals surface area contributed by atoms with Crippen LogP contribution in [0.25, 0.3) is 10.8 Å². The maximum atomic E-state index is 13.2. The zero-order valence-electron chi connectivity index (χ0n) is 13.1. The van der Waals surface area contributed by atoms with Gasteiger partial charge in [0.2, 0.25) is 5.60 Å². The van der Waals surface area contributed by atoms with Crippen LogP contribution in [-0.2, 0) is 14.9 Å². The van der Waals surface area contributed by atoms with Crippen molar-refractivity contribution in [2.45, 2.75) is 18.7 Å². The van der Waals surface area contributed by atoms with Gasteiger partial charge in [0.15, 0.2) is 5.75 Å². The van der Waals surface area contributed by atoms with Gasteiger partial charge in [-0.15, -0.1) is 0 Å². The summed E-state index contributed by atoms with van der Waals surface area (Å²) in [6, 6.07) is 8.72. The van der Waals surface area contributed by atoms with Crippen molar-refractivity contribution < 1.29 is 45.8 Å². The number of esters is 1. The minimum Gasteiger partial charge on any atom is -0.445 e. The Balaban J connectivity index is 2.48. The van der Waals surface area contributed by atoms with E-state index < -0.39 is 44.9 Å². The van der Waals surface area contributed by atoms with E-state index >= 15 is 0 Å². The van der Waals surface area contributed by atoms with Crippen LogP contribution in [0, 0.1) is 0 Å². The summed E-state index contributed by atoms with van der Waals surface area (Å²) < 4.78 is 74.6. The van der Waals surface area contributed by atoms with Crippen LogP contribution in [0.2, 0.25) is 0 Å². The molecule has 0 fully saturated rings. The van der Waals surface area contributed by atoms with Gasteiger partial charge in [-0.2, -0.15) is 21.6 Å². The Hall–Kier alpha value is -2.37. The van der Waals surface area contributed by atoms with Gasteiger partial charge < -0.3 is 9.62 Å². The van der Waals surface area contributed by atoms with Crippen molar-refractivity contribution in [1.82, 2.24) is 0 Å². The maximum absolute atomic E-state index is 13.2. The summed E-state index contributed by atoms with van der Waals surface area (Å²) in [6.45, 7) is 0.305. The first-order valence-corrected chi connectivity index (χ1v) is 8.57. The number of hydrogen-bond acceptors (Lipinski definition) is 6. The summed E-state index contributed by atoms with van der Waals surface area (Å²) in [5.74, 6) is -3.97. The highest BCUT2D eigenvalue weighted by Gasteiger charge is 2.57. The van der Waals surface area contributed by atoms with Crippen LogP contribution in [-0.4, -0.2) is 41.7 Å². The molecule has 0 aliphatic carbocycles. The third-order valence-corrected chi connectivity index (χ3v) is 4.46. The molecule has 2 rings (SSSR count). The van der Waals surface area contributed by atoms with Crippen molar-refractivity contribution in [2.75, 3.05) is 5.75 Å². The molecule has 7 nitrogen and oxygen atoms in total. The van der Waals surface area contributed by atoms with Crippen molar-refractivity contribution in [3.8, 4) is 5.75 Å². The average molecular weight is 394 g/mol. The van der Waals surface area contributed by atoms with Crippen LogP contribution >= 0.6 is 0 Å². The van der Waals surface area contributed by atoms with Gasteiger partial charge in [0.25, 0.3) is 10.1 Å². The van der Waals surface area contributed by atoms with Crippen LogP contribution in [0.4, 0.5) is 13.2 Å². The van der Waals surface area contributed by atoms with Crippen LogP contribution in [0.1, 0.15) is 17.3 Å². The second kappa shape index (κ2) is 6.74. The lowest BCUT2D eigenvalue weighted by molar-refractivity contribution is -0.243. The lowest BCUT2D eigenvalue weighted by atomic mass is 10.1. The number of halogens is 3. The highest BCUT2D eigenvalue weighted by atomic mass is 32.2. The van der Waals surface area contributed by atoms with Crippen LogP contribution in [0.3, 0.4) is 0 Å². The number of hydrogen-bond donors (Lipinski definition) is 2. The molecule has 0 amide bonds. The van der Waals surface area contributed by atoms with E-state index in [1.807, 2.05) is 0 Å². The molecule has 0 aliphatic rings. The molecule has 0 aliphatic heterocycles. The SMILES string of the molecule is CC(CS(=O)(=O)O)(OC(=O)c1cc2ccccc2cc1OO)C(F)(F)F. The smallest absolute Gasteiger partial charge is 0.429 e. The average Bonchev–Trinajstić information content (AvgIpc) is 2.50. The van der Waals surface area contributed by atoms with E-state index in [-0.39, 0.29) is 0 Å². The van der Waals surface area contributed by atoms with Gasteiger partial charge in [0.05, 0.1) is 0 Å². The molecule has 0 saturated heterocycles. The van der Waals surface area contributed by atoms with E-state index in [2.05, 4.69) is 9.62 Å². The molecule has 0 bridgehead atoms. The molecule has 26 heavy (non-hydrogen) atoms. The second-order valence-corrected chi connectivity index (χ2v) is 7.08. The highest BCUT2D eigenvalue weighted by molar-refractivity contribution is 7.85. The van der Waals surface area contributed by atoms with Gasteiger partial charge >= 0.3 is 12.1 Å². The molecule has 11 heteroatoms. The number of carbonyl (C=O) groups excluding carboxylic acids is 1. The number of benzene rings is 2. The number of rotatable bonds is 5. The minimum atomic E-state index is -5.30. The summed E-state index contributed by atoms with van der Waals surface area (Å²) in [7, 11) is -5.12. The predicted octanol–water partition coefficient (Wildman–Crippen LogP) is 3.06. The molecule has 2 N–H and O–H groups in total. The molecule has 0 heterocycles. The van der Waals surface area contributed by atoms with Crippen molar-refractivity contribution in [3.05, 3.63) is 42.0 Å². The van der Waals surface area contributed by atoms with E-state index in [0.717, 1.165) is 6.07 Å². The molecule has 0 aromatic heterocycles. The van der Waals surface area contributed by atoms with Crippen LogP contribution < -0.4 is 4.89 Å². The fourth-order valence-corrected chi connectivity index (χ4v) is 3.15. The van der Waals surface area contributed by atoms with Crippen molar-refractivity contribution in [3.63, 3.8) is 0 Å². The number of ether oxygens (including phenoxy) is 1. The van der Waals surface area contributed by atoms with E-state index in [9.17, 15) is 26.4 Å². The Morgan fingerprint density at radius 3 is 2.15 bits per heavy atom. The number of alkyl halides is 3. The fourth-order valence-electron chi connectivity index (χ4n) is 2.23. The van der Waals surface area contributed by atoms with Gasteiger partial charge in [0.1, 0.15) is 11.3 Å². The molecule has 2 aromatic rings. The van der Waals surface area contributed by atoms with E-state index in [1.54, 1.807) is 24.3 Å². The van der Waals surface area contributed by atoms with Gasteiger partial charge in [-0.25, -0.2) is 10.1 Å². The summed E-state index contributed by atoms with van der Waals surface area (Å²) in [5, 5.41) is 9.86. The zero-order chi connectivity index (χ0) is 19.8. The Morgan fingerprint density at radius 1 is 1.15 bits per heavy atom. The molecule has 1 unspecified atom stereocenters. The van der Waals surface area contributed by atoms with Crippen molar-refractivity contribution >= 4 is 26.9 Å². The molecular weight excluding hydrogens is 381 g/mol. The molecule has 0 saturated carbocycles. The summed E-state index contributed by atoms with van der Waals surface area (Å²) in [5.41, 5.74) is -4.08. The van der Waals surface area contributed by atoms with Gasteiger partial charge in [-0.05, 0) is 29.8 Å². The second-order valence-electron chi connectivity index (χ2n) is 5.63. The Bertz CT molecular complexity index is 940. The molecule has 1 atom stereocenters. The quantitative estimate of drug-likeness (QED) is 0.347. The van der Waals surface area contributed by atoms with E-state index in [1.165, 1.54) is 6.07 Å². The lowest BCUT2D eigenvalue weighted by Crippen LogP contribution is -2.51. The molecular formula is C15H13F3O7S. The number of carbonyl (C=O) groups is 1. The summed E-state index contributed by atoms with van der Waals surface area (Å²) >= 11 is 0. The minimum absolute atomic E-state index is 0.305. The first-order valence-electron chi connectivity index (χ1n) is 6.96. The third-order valence-electron chi connectivity index (χ3n) is 3.54. The standard InChI is InChI=1S/C15H13F3O7S/c1-14(15(16,17)18,8-26(21,22)23)24-13(19)11-6-9-4-2-3-5-10(9)7-12(11)25-20/h2-7,20H,8H2,1H3,(H,21,22,23). The Kier molecular flexibility index (Phi) is 5.17. The Morgan fingerprint density at radius 2 is 1.69 bits per heavy atom. The maximum Gasteiger partial charge on any atom is 0.429 e. The Labute approximate surface area is 145 Å². The normalized spacial score (nSPS) is 14.7. The summed E-state index contributed by atoms with van der Waals surface area (Å²) in [4.78, 5) is 16.3. The van der Waals surface area contributed by atoms with Gasteiger partial charge in [-0.1, -0.05) is 24.3 Å². The van der Waals surface area contributed by atoms with Crippen LogP contribution in [0.5, 0.6) is 5.75 Å². The summed E-state index contributed by atoms with van der Waals surface area (Å²) in [6.07, 6.45) is -5.30. The third kappa shape index (κ3) is 4.23. The van der Waals surface area contributed by atoms with Crippen LogP contribution in [0.15, 0.2) is 36.4 Å². The van der Waals surface area contributed by atoms with Gasteiger partial charge in [0, 0.05) is 0 Å². The van der Waals surface area contributed by atoms with E-state index in [4.69, 9.17) is 9.81 Å². The van der Waals surface area contributed by atoms with E-state index in [0.29, 0.717) is 17.7 Å². The number of fused-ring (bicyclic) bond motifs is 1. The zero-order valence-corrected chi connectivity index (χ0v) is 14.0. The van der Waals surface area contributed by atoms with Crippen molar-refractivity contribution in [2.24, 2.45) is 0 Å². The lowest BCUT2D eigenvalue weighted by Gasteiger charge is -2.30. The molecule has 2 aromatic carbocycles. The highest BCUT2D eigenvalue weighted by Crippen LogP contribution is 2.36. The molecule has 142 valence electrons. The largest absolute Gasteiger partial charge is 0.445 e. The van der Waals surface area contributed by atoms with Crippen molar-refractivity contribution in [1.29, 1.82) is 0 Å². The first-order chi connectivity index (χ1) is 11.9. The topological polar surface area (TPSA) is 110 Å². The predicted molar refractivity (Wildman–Crippen MR) is 83.5 cm³/mol. The molecule has 0 spiro atoms. The monoisotopic (exact) mass is 394 g/mol.